The second kappa shape index (κ2) is 3.67. The number of hydrogen-bond acceptors (Lipinski definition) is 5. The number of nitrogens with two attached hydrogens (primary N) is 2. The molecule has 0 aliphatic carbocycles. The summed E-state index contributed by atoms with van der Waals surface area (Å²) < 4.78 is 26.5. The monoisotopic (exact) mass is 257 g/mol. The van der Waals surface area contributed by atoms with E-state index in [0.717, 1.165) is 5.56 Å². The minimum Gasteiger partial charge on any atom is -0.398 e. The quantitative estimate of drug-likeness (QED) is 0.519. The first kappa shape index (κ1) is 11.3. The molecule has 0 amide bonds. The predicted octanol–water partition coefficient (Wildman–Crippen LogP) is 0.149. The van der Waals surface area contributed by atoms with Crippen molar-refractivity contribution in [1.82, 2.24) is 0 Å². The van der Waals surface area contributed by atoms with E-state index in [2.05, 4.69) is 17.0 Å². The van der Waals surface area contributed by atoms with Crippen LogP contribution in [0.15, 0.2) is 21.4 Å². The Morgan fingerprint density at radius 1 is 1.31 bits per heavy atom. The summed E-state index contributed by atoms with van der Waals surface area (Å²) >= 11 is 4.11. The van der Waals surface area contributed by atoms with Crippen LogP contribution in [-0.4, -0.2) is 20.0 Å². The standard InChI is InChI=1S/C9H11N3O2S2/c10-8-5(3-4-15)1-2-6-7(8)9(11)12-16(6,13)14/h1-2,15H,3-4,10H2,(H2,11,12). The molecule has 1 aliphatic rings. The van der Waals surface area contributed by atoms with Gasteiger partial charge in [-0.25, -0.2) is 0 Å². The maximum atomic E-state index is 11.5. The first-order valence-corrected chi connectivity index (χ1v) is 6.67. The summed E-state index contributed by atoms with van der Waals surface area (Å²) in [4.78, 5) is 0.0883. The van der Waals surface area contributed by atoms with Crippen LogP contribution in [0, 0.1) is 0 Å². The molecular formula is C9H11N3O2S2. The van der Waals surface area contributed by atoms with Gasteiger partial charge in [0.05, 0.1) is 5.56 Å². The molecule has 0 unspecified atom stereocenters. The molecule has 4 N–H and O–H groups in total. The number of fused-ring (bicyclic) bond motifs is 1. The number of hydrogen-bond donors (Lipinski definition) is 3. The molecule has 0 bridgehead atoms. The highest BCUT2D eigenvalue weighted by atomic mass is 32.2. The Balaban J connectivity index is 2.69. The Morgan fingerprint density at radius 2 is 2.00 bits per heavy atom. The Kier molecular flexibility index (Phi) is 2.59. The number of benzene rings is 1. The van der Waals surface area contributed by atoms with E-state index in [0.29, 0.717) is 23.4 Å². The average Bonchev–Trinajstić information content (AvgIpc) is 2.42. The summed E-state index contributed by atoms with van der Waals surface area (Å²) in [5.41, 5.74) is 13.0. The minimum absolute atomic E-state index is 0.0338. The smallest absolute Gasteiger partial charge is 0.285 e. The van der Waals surface area contributed by atoms with Crippen molar-refractivity contribution in [3.63, 3.8) is 0 Å². The van der Waals surface area contributed by atoms with Crippen molar-refractivity contribution in [1.29, 1.82) is 0 Å². The zero-order chi connectivity index (χ0) is 11.9. The third-order valence-electron chi connectivity index (χ3n) is 2.43. The zero-order valence-corrected chi connectivity index (χ0v) is 10.1. The van der Waals surface area contributed by atoms with Gasteiger partial charge in [-0.1, -0.05) is 6.07 Å². The van der Waals surface area contributed by atoms with Gasteiger partial charge in [-0.2, -0.15) is 21.0 Å². The number of thiol groups is 1. The van der Waals surface area contributed by atoms with Crippen molar-refractivity contribution >= 4 is 34.2 Å². The van der Waals surface area contributed by atoms with E-state index < -0.39 is 10.0 Å². The lowest BCUT2D eigenvalue weighted by Crippen LogP contribution is -2.14. The number of sulfonamides is 1. The van der Waals surface area contributed by atoms with Crippen LogP contribution >= 0.6 is 12.6 Å². The number of amidine groups is 1. The summed E-state index contributed by atoms with van der Waals surface area (Å²) in [5.74, 6) is 0.598. The van der Waals surface area contributed by atoms with E-state index in [1.165, 1.54) is 6.07 Å². The maximum absolute atomic E-state index is 11.5. The summed E-state index contributed by atoms with van der Waals surface area (Å²) in [6.45, 7) is 0. The number of nitrogen functional groups attached to an aromatic ring is 1. The van der Waals surface area contributed by atoms with Crippen molar-refractivity contribution in [2.24, 2.45) is 10.1 Å². The van der Waals surface area contributed by atoms with Gasteiger partial charge in [-0.3, -0.25) is 0 Å². The molecule has 0 aromatic heterocycles. The Labute approximate surface area is 99.0 Å². The molecule has 0 atom stereocenters. The normalized spacial score (nSPS) is 16.9. The highest BCUT2D eigenvalue weighted by Crippen LogP contribution is 2.31. The van der Waals surface area contributed by atoms with Crippen LogP contribution in [-0.2, 0) is 16.4 Å². The van der Waals surface area contributed by atoms with E-state index in [4.69, 9.17) is 11.5 Å². The molecule has 0 radical (unpaired) electrons. The van der Waals surface area contributed by atoms with E-state index in [1.807, 2.05) is 0 Å². The number of anilines is 1. The SMILES string of the molecule is NC1=NS(=O)(=O)c2ccc(CCS)c(N)c21. The molecule has 7 heteroatoms. The van der Waals surface area contributed by atoms with Crippen molar-refractivity contribution in [3.05, 3.63) is 23.3 Å². The molecule has 1 heterocycles. The fraction of sp³-hybridized carbons (Fsp3) is 0.222. The molecule has 16 heavy (non-hydrogen) atoms. The van der Waals surface area contributed by atoms with Crippen molar-refractivity contribution in [2.45, 2.75) is 11.3 Å². The molecule has 2 rings (SSSR count). The van der Waals surface area contributed by atoms with E-state index in [1.54, 1.807) is 6.07 Å². The molecule has 1 aliphatic heterocycles. The van der Waals surface area contributed by atoms with Crippen molar-refractivity contribution in [2.75, 3.05) is 11.5 Å². The molecule has 0 saturated carbocycles. The molecule has 0 spiro atoms. The summed E-state index contributed by atoms with van der Waals surface area (Å²) in [7, 11) is -3.65. The number of nitrogens with zero attached hydrogens (tertiary/aromatic N) is 1. The van der Waals surface area contributed by atoms with Crippen LogP contribution in [0.4, 0.5) is 5.69 Å². The topological polar surface area (TPSA) is 98.5 Å². The van der Waals surface area contributed by atoms with Gasteiger partial charge in [0.1, 0.15) is 10.7 Å². The lowest BCUT2D eigenvalue weighted by Gasteiger charge is -2.08. The largest absolute Gasteiger partial charge is 0.398 e. The lowest BCUT2D eigenvalue weighted by molar-refractivity contribution is 0.599. The van der Waals surface area contributed by atoms with Crippen LogP contribution < -0.4 is 11.5 Å². The maximum Gasteiger partial charge on any atom is 0.285 e. The van der Waals surface area contributed by atoms with Gasteiger partial charge in [0.2, 0.25) is 0 Å². The first-order chi connectivity index (χ1) is 7.47. The molecule has 0 saturated heterocycles. The van der Waals surface area contributed by atoms with Gasteiger partial charge in [0, 0.05) is 5.69 Å². The molecule has 1 aromatic rings. The molecule has 0 fully saturated rings. The summed E-state index contributed by atoms with van der Waals surface area (Å²) in [6.07, 6.45) is 0.662. The third-order valence-corrected chi connectivity index (χ3v) is 3.99. The Hall–Kier alpha value is -1.21. The number of rotatable bonds is 2. The number of aryl methyl sites for hydroxylation is 1. The highest BCUT2D eigenvalue weighted by molar-refractivity contribution is 7.90. The van der Waals surface area contributed by atoms with Gasteiger partial charge in [0.15, 0.2) is 0 Å². The fourth-order valence-electron chi connectivity index (χ4n) is 1.68. The minimum atomic E-state index is -3.65. The Bertz CT molecular complexity index is 579. The molecule has 86 valence electrons. The van der Waals surface area contributed by atoms with Crippen LogP contribution in [0.5, 0.6) is 0 Å². The van der Waals surface area contributed by atoms with E-state index in [9.17, 15) is 8.42 Å². The van der Waals surface area contributed by atoms with Gasteiger partial charge in [0.25, 0.3) is 10.0 Å². The summed E-state index contributed by atoms with van der Waals surface area (Å²) in [6, 6.07) is 3.17. The van der Waals surface area contributed by atoms with Crippen LogP contribution in [0.2, 0.25) is 0 Å². The second-order valence-corrected chi connectivity index (χ2v) is 5.46. The fourth-order valence-corrected chi connectivity index (χ4v) is 3.09. The molecular weight excluding hydrogens is 246 g/mol. The third kappa shape index (κ3) is 1.56. The second-order valence-electron chi connectivity index (χ2n) is 3.44. The van der Waals surface area contributed by atoms with Crippen LogP contribution in [0.1, 0.15) is 11.1 Å². The average molecular weight is 257 g/mol. The summed E-state index contributed by atoms with van der Waals surface area (Å²) in [5, 5.41) is 0. The predicted molar refractivity (Wildman–Crippen MR) is 66.3 cm³/mol. The van der Waals surface area contributed by atoms with E-state index in [-0.39, 0.29) is 10.7 Å². The van der Waals surface area contributed by atoms with Gasteiger partial charge in [-0.05, 0) is 23.8 Å². The highest BCUT2D eigenvalue weighted by Gasteiger charge is 2.30. The van der Waals surface area contributed by atoms with Gasteiger partial charge in [-0.15, -0.1) is 4.40 Å². The Morgan fingerprint density at radius 3 is 2.62 bits per heavy atom. The molecule has 1 aromatic carbocycles. The van der Waals surface area contributed by atoms with Crippen LogP contribution in [0.3, 0.4) is 0 Å². The van der Waals surface area contributed by atoms with Gasteiger partial charge < -0.3 is 11.5 Å². The van der Waals surface area contributed by atoms with E-state index >= 15 is 0 Å². The lowest BCUT2D eigenvalue weighted by atomic mass is 10.0. The first-order valence-electron chi connectivity index (χ1n) is 4.60. The van der Waals surface area contributed by atoms with Gasteiger partial charge >= 0.3 is 0 Å². The van der Waals surface area contributed by atoms with Crippen molar-refractivity contribution < 1.29 is 8.42 Å². The van der Waals surface area contributed by atoms with Crippen molar-refractivity contribution in [3.8, 4) is 0 Å². The molecule has 5 nitrogen and oxygen atoms in total. The zero-order valence-electron chi connectivity index (χ0n) is 8.34. The van der Waals surface area contributed by atoms with Crippen LogP contribution in [0.25, 0.3) is 0 Å².